The minimum atomic E-state index is -0.593. The van der Waals surface area contributed by atoms with Gasteiger partial charge in [-0.05, 0) is 49.9 Å². The van der Waals surface area contributed by atoms with Gasteiger partial charge < -0.3 is 4.74 Å². The second-order valence-corrected chi connectivity index (χ2v) is 7.90. The van der Waals surface area contributed by atoms with Gasteiger partial charge in [0.05, 0.1) is 16.9 Å². The first kappa shape index (κ1) is 16.1. The molecule has 128 valence electrons. The number of ether oxygens (including phenoxy) is 1. The topological polar surface area (TPSA) is 38.7 Å². The molecule has 3 nitrogen and oxygen atoms in total. The summed E-state index contributed by atoms with van der Waals surface area (Å²) in [6.45, 7) is 8.46. The van der Waals surface area contributed by atoms with Gasteiger partial charge in [0.1, 0.15) is 12.4 Å². The van der Waals surface area contributed by atoms with Gasteiger partial charge in [-0.2, -0.15) is 0 Å². The number of nitrogens with zero attached hydrogens (tertiary/aromatic N) is 1. The monoisotopic (exact) mass is 333 g/mol. The van der Waals surface area contributed by atoms with Crippen LogP contribution in [-0.2, 0) is 14.9 Å². The molecule has 1 aliphatic heterocycles. The van der Waals surface area contributed by atoms with E-state index in [0.717, 1.165) is 22.3 Å². The third-order valence-corrected chi connectivity index (χ3v) is 5.44. The van der Waals surface area contributed by atoms with Gasteiger partial charge in [-0.3, -0.25) is 4.79 Å². The van der Waals surface area contributed by atoms with Crippen molar-refractivity contribution in [3.8, 4) is 11.1 Å². The van der Waals surface area contributed by atoms with Crippen molar-refractivity contribution in [1.29, 1.82) is 0 Å². The van der Waals surface area contributed by atoms with Crippen LogP contribution in [0.4, 0.5) is 0 Å². The number of carbonyl (C=O) groups excluding carboxylic acids is 1. The van der Waals surface area contributed by atoms with Crippen LogP contribution in [0.1, 0.15) is 44.7 Å². The van der Waals surface area contributed by atoms with E-state index in [1.54, 1.807) is 6.92 Å². The fraction of sp³-hybridized carbons (Fsp3) is 0.364. The molecule has 3 heteroatoms. The molecule has 0 N–H and O–H groups in total. The van der Waals surface area contributed by atoms with E-state index in [2.05, 4.69) is 45.0 Å². The molecule has 0 bridgehead atoms. The van der Waals surface area contributed by atoms with Crippen molar-refractivity contribution < 1.29 is 9.53 Å². The SMILES string of the molecule is CC(=O)[C@@H]1c2ccccc2-c2ccccc2[C@]1(C)C1=NC(C)(C)CO1. The van der Waals surface area contributed by atoms with Crippen molar-refractivity contribution in [2.75, 3.05) is 6.61 Å². The summed E-state index contributed by atoms with van der Waals surface area (Å²) >= 11 is 0. The average molecular weight is 333 g/mol. The highest BCUT2D eigenvalue weighted by Gasteiger charge is 2.52. The van der Waals surface area contributed by atoms with Crippen molar-refractivity contribution in [3.05, 3.63) is 59.7 Å². The van der Waals surface area contributed by atoms with Gasteiger partial charge in [-0.15, -0.1) is 0 Å². The molecule has 0 aromatic heterocycles. The second kappa shape index (κ2) is 5.29. The van der Waals surface area contributed by atoms with Crippen LogP contribution < -0.4 is 0 Å². The summed E-state index contributed by atoms with van der Waals surface area (Å²) in [5, 5.41) is 0. The van der Waals surface area contributed by atoms with Gasteiger partial charge in [-0.1, -0.05) is 48.5 Å². The highest BCUT2D eigenvalue weighted by molar-refractivity contribution is 6.03. The lowest BCUT2D eigenvalue weighted by molar-refractivity contribution is -0.119. The van der Waals surface area contributed by atoms with E-state index in [1.165, 1.54) is 0 Å². The number of benzene rings is 2. The van der Waals surface area contributed by atoms with Crippen molar-refractivity contribution >= 4 is 11.7 Å². The minimum Gasteiger partial charge on any atom is -0.478 e. The number of ketones is 1. The Labute approximate surface area is 148 Å². The molecule has 0 spiro atoms. The normalized spacial score (nSPS) is 26.2. The zero-order valence-corrected chi connectivity index (χ0v) is 15.2. The molecule has 0 fully saturated rings. The van der Waals surface area contributed by atoms with Crippen LogP contribution in [-0.4, -0.2) is 23.8 Å². The number of Topliss-reactive ketones (excluding diaryl/α,β-unsaturated/α-hetero) is 1. The number of rotatable bonds is 2. The predicted octanol–water partition coefficient (Wildman–Crippen LogP) is 4.50. The van der Waals surface area contributed by atoms with E-state index in [1.807, 2.05) is 24.3 Å². The molecule has 2 aromatic carbocycles. The predicted molar refractivity (Wildman–Crippen MR) is 100 cm³/mol. The average Bonchev–Trinajstić information content (AvgIpc) is 2.95. The molecular formula is C22H23NO2. The van der Waals surface area contributed by atoms with Gasteiger partial charge in [0.15, 0.2) is 5.90 Å². The highest BCUT2D eigenvalue weighted by Crippen LogP contribution is 2.52. The van der Waals surface area contributed by atoms with Crippen LogP contribution in [0.3, 0.4) is 0 Å². The van der Waals surface area contributed by atoms with E-state index < -0.39 is 5.41 Å². The minimum absolute atomic E-state index is 0.139. The fourth-order valence-electron chi connectivity index (χ4n) is 4.35. The lowest BCUT2D eigenvalue weighted by Crippen LogP contribution is -2.44. The van der Waals surface area contributed by atoms with Crippen LogP contribution in [0.2, 0.25) is 0 Å². The maximum atomic E-state index is 12.8. The van der Waals surface area contributed by atoms with Crippen LogP contribution >= 0.6 is 0 Å². The van der Waals surface area contributed by atoms with Gasteiger partial charge in [-0.25, -0.2) is 4.99 Å². The van der Waals surface area contributed by atoms with E-state index in [-0.39, 0.29) is 17.2 Å². The largest absolute Gasteiger partial charge is 0.478 e. The van der Waals surface area contributed by atoms with Crippen LogP contribution in [0, 0.1) is 0 Å². The molecule has 0 saturated carbocycles. The molecule has 0 radical (unpaired) electrons. The Balaban J connectivity index is 2.05. The number of hydrogen-bond donors (Lipinski definition) is 0. The van der Waals surface area contributed by atoms with Crippen molar-refractivity contribution in [2.45, 2.75) is 44.6 Å². The maximum absolute atomic E-state index is 12.8. The summed E-state index contributed by atoms with van der Waals surface area (Å²) in [4.78, 5) is 17.7. The summed E-state index contributed by atoms with van der Waals surface area (Å²) in [7, 11) is 0. The van der Waals surface area contributed by atoms with Crippen molar-refractivity contribution in [3.63, 3.8) is 0 Å². The van der Waals surface area contributed by atoms with Gasteiger partial charge in [0.25, 0.3) is 0 Å². The quantitative estimate of drug-likeness (QED) is 0.811. The molecule has 0 amide bonds. The maximum Gasteiger partial charge on any atom is 0.195 e. The Hall–Kier alpha value is -2.42. The van der Waals surface area contributed by atoms with Gasteiger partial charge >= 0.3 is 0 Å². The van der Waals surface area contributed by atoms with E-state index in [4.69, 9.17) is 9.73 Å². The Morgan fingerprint density at radius 3 is 2.32 bits per heavy atom. The second-order valence-electron chi connectivity index (χ2n) is 7.90. The summed E-state index contributed by atoms with van der Waals surface area (Å²) in [6, 6.07) is 16.5. The Morgan fingerprint density at radius 2 is 1.68 bits per heavy atom. The van der Waals surface area contributed by atoms with E-state index in [0.29, 0.717) is 12.5 Å². The standard InChI is InChI=1S/C22H23NO2/c1-14(24)19-17-11-6-5-9-15(17)16-10-7-8-12-18(16)22(19,4)20-23-21(2,3)13-25-20/h5-12,19H,13H2,1-4H3/t19-,22+/m1/s1. The molecule has 0 saturated heterocycles. The van der Waals surface area contributed by atoms with E-state index in [9.17, 15) is 4.79 Å². The summed E-state index contributed by atoms with van der Waals surface area (Å²) in [6.07, 6.45) is 0. The molecule has 2 atom stereocenters. The molecule has 2 aromatic rings. The number of aliphatic imine (C=N–C) groups is 1. The highest BCUT2D eigenvalue weighted by atomic mass is 16.5. The van der Waals surface area contributed by atoms with E-state index >= 15 is 0 Å². The number of fused-ring (bicyclic) bond motifs is 3. The number of hydrogen-bond acceptors (Lipinski definition) is 3. The molecule has 25 heavy (non-hydrogen) atoms. The lowest BCUT2D eigenvalue weighted by Gasteiger charge is -2.42. The first-order chi connectivity index (χ1) is 11.8. The third kappa shape index (κ3) is 2.25. The van der Waals surface area contributed by atoms with Gasteiger partial charge in [0, 0.05) is 0 Å². The lowest BCUT2D eigenvalue weighted by atomic mass is 9.60. The zero-order valence-electron chi connectivity index (χ0n) is 15.2. The Bertz CT molecular complexity index is 896. The Kier molecular flexibility index (Phi) is 3.40. The zero-order chi connectivity index (χ0) is 17.8. The molecular weight excluding hydrogens is 310 g/mol. The summed E-state index contributed by atoms with van der Waals surface area (Å²) < 4.78 is 6.06. The third-order valence-electron chi connectivity index (χ3n) is 5.44. The molecule has 2 aliphatic rings. The summed E-state index contributed by atoms with van der Waals surface area (Å²) in [5.74, 6) is 0.520. The first-order valence-corrected chi connectivity index (χ1v) is 8.77. The fourth-order valence-corrected chi connectivity index (χ4v) is 4.35. The van der Waals surface area contributed by atoms with Crippen molar-refractivity contribution in [1.82, 2.24) is 0 Å². The molecule has 1 aliphatic carbocycles. The van der Waals surface area contributed by atoms with Crippen LogP contribution in [0.15, 0.2) is 53.5 Å². The summed E-state index contributed by atoms with van der Waals surface area (Å²) in [5.41, 5.74) is 3.62. The molecule has 1 heterocycles. The molecule has 0 unspecified atom stereocenters. The van der Waals surface area contributed by atoms with Gasteiger partial charge in [0.2, 0.25) is 0 Å². The van der Waals surface area contributed by atoms with Crippen molar-refractivity contribution in [2.24, 2.45) is 4.99 Å². The molecule has 4 rings (SSSR count). The van der Waals surface area contributed by atoms with Crippen LogP contribution in [0.5, 0.6) is 0 Å². The Morgan fingerprint density at radius 1 is 1.04 bits per heavy atom. The number of carbonyl (C=O) groups is 1. The first-order valence-electron chi connectivity index (χ1n) is 8.77. The smallest absolute Gasteiger partial charge is 0.195 e. The van der Waals surface area contributed by atoms with Crippen LogP contribution in [0.25, 0.3) is 11.1 Å².